The van der Waals surface area contributed by atoms with Gasteiger partial charge in [0.2, 0.25) is 0 Å². The highest BCUT2D eigenvalue weighted by Crippen LogP contribution is 2.24. The summed E-state index contributed by atoms with van der Waals surface area (Å²) < 4.78 is 0. The van der Waals surface area contributed by atoms with E-state index in [1.165, 1.54) is 11.1 Å². The predicted molar refractivity (Wildman–Crippen MR) is 82.7 cm³/mol. The maximum atomic E-state index is 6.33. The number of halogens is 1. The van der Waals surface area contributed by atoms with E-state index in [0.717, 1.165) is 31.2 Å². The number of hydrogen-bond donors (Lipinski definition) is 1. The molecule has 106 valence electrons. The van der Waals surface area contributed by atoms with Gasteiger partial charge in [-0.15, -0.1) is 0 Å². The van der Waals surface area contributed by atoms with Gasteiger partial charge in [-0.3, -0.25) is 4.90 Å². The molecule has 0 spiro atoms. The summed E-state index contributed by atoms with van der Waals surface area (Å²) in [5.74, 6) is 0. The Hall–Kier alpha value is -0.570. The van der Waals surface area contributed by atoms with Gasteiger partial charge < -0.3 is 5.32 Å². The molecule has 0 radical (unpaired) electrons. The molecule has 1 aliphatic rings. The fraction of sp³-hybridized carbons (Fsp3) is 0.625. The first-order valence-corrected chi connectivity index (χ1v) is 7.45. The van der Waals surface area contributed by atoms with Crippen LogP contribution in [0, 0.1) is 12.3 Å². The second-order valence-corrected chi connectivity index (χ2v) is 7.11. The van der Waals surface area contributed by atoms with E-state index in [2.05, 4.69) is 56.1 Å². The number of nitrogens with zero attached hydrogens (tertiary/aromatic N) is 1. The summed E-state index contributed by atoms with van der Waals surface area (Å²) in [7, 11) is 0. The Kier molecular flexibility index (Phi) is 4.54. The molecule has 1 aliphatic heterocycles. The van der Waals surface area contributed by atoms with Gasteiger partial charge in [-0.1, -0.05) is 44.5 Å². The van der Waals surface area contributed by atoms with Crippen molar-refractivity contribution >= 4 is 11.6 Å². The normalized spacial score (nSPS) is 21.6. The zero-order valence-electron chi connectivity index (χ0n) is 12.5. The van der Waals surface area contributed by atoms with Gasteiger partial charge in [-0.2, -0.15) is 0 Å². The minimum absolute atomic E-state index is 0.301. The van der Waals surface area contributed by atoms with E-state index >= 15 is 0 Å². The molecule has 1 heterocycles. The van der Waals surface area contributed by atoms with Crippen LogP contribution < -0.4 is 5.32 Å². The Morgan fingerprint density at radius 2 is 2.11 bits per heavy atom. The lowest BCUT2D eigenvalue weighted by Crippen LogP contribution is -2.55. The number of benzene rings is 1. The van der Waals surface area contributed by atoms with Crippen molar-refractivity contribution in [1.29, 1.82) is 0 Å². The third-order valence-electron chi connectivity index (χ3n) is 3.91. The minimum Gasteiger partial charge on any atom is -0.311 e. The SMILES string of the molecule is Cc1ccc(CN2CCNC(C(C)(C)C)C2)c(Cl)c1. The first-order valence-electron chi connectivity index (χ1n) is 7.07. The van der Waals surface area contributed by atoms with E-state index in [0.29, 0.717) is 11.5 Å². The molecule has 3 heteroatoms. The molecule has 2 rings (SSSR count). The summed E-state index contributed by atoms with van der Waals surface area (Å²) in [5.41, 5.74) is 2.76. The quantitative estimate of drug-likeness (QED) is 0.892. The van der Waals surface area contributed by atoms with E-state index in [4.69, 9.17) is 11.6 Å². The topological polar surface area (TPSA) is 15.3 Å². The molecular formula is C16H25ClN2. The molecule has 1 N–H and O–H groups in total. The van der Waals surface area contributed by atoms with Crippen molar-refractivity contribution < 1.29 is 0 Å². The summed E-state index contributed by atoms with van der Waals surface area (Å²) >= 11 is 6.33. The number of rotatable bonds is 2. The van der Waals surface area contributed by atoms with Crippen molar-refractivity contribution in [1.82, 2.24) is 10.2 Å². The second kappa shape index (κ2) is 5.82. The number of aryl methyl sites for hydroxylation is 1. The van der Waals surface area contributed by atoms with Crippen molar-refractivity contribution in [3.63, 3.8) is 0 Å². The van der Waals surface area contributed by atoms with E-state index < -0.39 is 0 Å². The fourth-order valence-electron chi connectivity index (χ4n) is 2.56. The Labute approximate surface area is 122 Å². The molecule has 1 atom stereocenters. The zero-order chi connectivity index (χ0) is 14.0. The van der Waals surface area contributed by atoms with Crippen LogP contribution in [0.2, 0.25) is 5.02 Å². The number of nitrogens with one attached hydrogen (secondary N) is 1. The van der Waals surface area contributed by atoms with Gasteiger partial charge in [0, 0.05) is 37.2 Å². The largest absolute Gasteiger partial charge is 0.311 e. The van der Waals surface area contributed by atoms with Crippen molar-refractivity contribution in [2.45, 2.75) is 40.3 Å². The van der Waals surface area contributed by atoms with Crippen LogP contribution in [0.25, 0.3) is 0 Å². The Balaban J connectivity index is 2.03. The second-order valence-electron chi connectivity index (χ2n) is 6.70. The van der Waals surface area contributed by atoms with Crippen LogP contribution in [0.4, 0.5) is 0 Å². The van der Waals surface area contributed by atoms with Crippen molar-refractivity contribution in [3.05, 3.63) is 34.3 Å². The Morgan fingerprint density at radius 3 is 2.74 bits per heavy atom. The van der Waals surface area contributed by atoms with Crippen LogP contribution in [-0.2, 0) is 6.54 Å². The monoisotopic (exact) mass is 280 g/mol. The number of hydrogen-bond acceptors (Lipinski definition) is 2. The Bertz CT molecular complexity index is 437. The molecule has 0 bridgehead atoms. The van der Waals surface area contributed by atoms with Gasteiger partial charge in [0.15, 0.2) is 0 Å². The molecular weight excluding hydrogens is 256 g/mol. The van der Waals surface area contributed by atoms with Crippen molar-refractivity contribution in [3.8, 4) is 0 Å². The lowest BCUT2D eigenvalue weighted by atomic mass is 9.85. The van der Waals surface area contributed by atoms with Crippen molar-refractivity contribution in [2.24, 2.45) is 5.41 Å². The van der Waals surface area contributed by atoms with Crippen LogP contribution in [0.3, 0.4) is 0 Å². The number of piperazine rings is 1. The van der Waals surface area contributed by atoms with E-state index in [1.807, 2.05) is 0 Å². The molecule has 1 aromatic rings. The van der Waals surface area contributed by atoms with Crippen LogP contribution in [0.15, 0.2) is 18.2 Å². The smallest absolute Gasteiger partial charge is 0.0453 e. The van der Waals surface area contributed by atoms with Crippen LogP contribution >= 0.6 is 11.6 Å². The predicted octanol–water partition coefficient (Wildman–Crippen LogP) is 3.47. The summed E-state index contributed by atoms with van der Waals surface area (Å²) in [6.45, 7) is 13.2. The molecule has 1 unspecified atom stereocenters. The maximum Gasteiger partial charge on any atom is 0.0453 e. The molecule has 1 aromatic carbocycles. The lowest BCUT2D eigenvalue weighted by molar-refractivity contribution is 0.129. The standard InChI is InChI=1S/C16H25ClN2/c1-12-5-6-13(14(17)9-12)10-19-8-7-18-15(11-19)16(2,3)4/h5-6,9,15,18H,7-8,10-11H2,1-4H3. The van der Waals surface area contributed by atoms with Crippen LogP contribution in [0.1, 0.15) is 31.9 Å². The first kappa shape index (κ1) is 14.8. The molecule has 0 amide bonds. The molecule has 1 fully saturated rings. The molecule has 0 aliphatic carbocycles. The first-order chi connectivity index (χ1) is 8.86. The van der Waals surface area contributed by atoms with Gasteiger partial charge in [0.25, 0.3) is 0 Å². The summed E-state index contributed by atoms with van der Waals surface area (Å²) in [6, 6.07) is 6.90. The summed E-state index contributed by atoms with van der Waals surface area (Å²) in [5, 5.41) is 4.52. The highest BCUT2D eigenvalue weighted by molar-refractivity contribution is 6.31. The highest BCUT2D eigenvalue weighted by atomic mass is 35.5. The average molecular weight is 281 g/mol. The van der Waals surface area contributed by atoms with Gasteiger partial charge in [-0.25, -0.2) is 0 Å². The van der Waals surface area contributed by atoms with E-state index in [1.54, 1.807) is 0 Å². The lowest BCUT2D eigenvalue weighted by Gasteiger charge is -2.40. The average Bonchev–Trinajstić information content (AvgIpc) is 2.32. The molecule has 0 aromatic heterocycles. The Morgan fingerprint density at radius 1 is 1.37 bits per heavy atom. The maximum absolute atomic E-state index is 6.33. The molecule has 1 saturated heterocycles. The minimum atomic E-state index is 0.301. The molecule has 19 heavy (non-hydrogen) atoms. The molecule has 0 saturated carbocycles. The van der Waals surface area contributed by atoms with Crippen LogP contribution in [-0.4, -0.2) is 30.6 Å². The zero-order valence-corrected chi connectivity index (χ0v) is 13.2. The van der Waals surface area contributed by atoms with Gasteiger partial charge in [0.05, 0.1) is 0 Å². The van der Waals surface area contributed by atoms with Gasteiger partial charge in [-0.05, 0) is 29.5 Å². The van der Waals surface area contributed by atoms with E-state index in [-0.39, 0.29) is 0 Å². The van der Waals surface area contributed by atoms with Crippen LogP contribution in [0.5, 0.6) is 0 Å². The summed E-state index contributed by atoms with van der Waals surface area (Å²) in [6.07, 6.45) is 0. The summed E-state index contributed by atoms with van der Waals surface area (Å²) in [4.78, 5) is 2.50. The van der Waals surface area contributed by atoms with Crippen molar-refractivity contribution in [2.75, 3.05) is 19.6 Å². The third kappa shape index (κ3) is 3.95. The van der Waals surface area contributed by atoms with E-state index in [9.17, 15) is 0 Å². The van der Waals surface area contributed by atoms with Gasteiger partial charge >= 0.3 is 0 Å². The van der Waals surface area contributed by atoms with Gasteiger partial charge in [0.1, 0.15) is 0 Å². The fourth-order valence-corrected chi connectivity index (χ4v) is 2.85. The highest BCUT2D eigenvalue weighted by Gasteiger charge is 2.29. The third-order valence-corrected chi connectivity index (χ3v) is 4.26. The molecule has 2 nitrogen and oxygen atoms in total.